The predicted octanol–water partition coefficient (Wildman–Crippen LogP) is 4.40. The summed E-state index contributed by atoms with van der Waals surface area (Å²) >= 11 is 6.14. The molecule has 0 amide bonds. The minimum atomic E-state index is -0.731. The van der Waals surface area contributed by atoms with Crippen LogP contribution in [-0.4, -0.2) is 61.6 Å². The first-order valence-electron chi connectivity index (χ1n) is 12.0. The van der Waals surface area contributed by atoms with Crippen molar-refractivity contribution in [2.45, 2.75) is 37.7 Å². The largest absolute Gasteiger partial charge is 0.481 e. The van der Waals surface area contributed by atoms with Crippen LogP contribution in [-0.2, 0) is 6.54 Å². The van der Waals surface area contributed by atoms with E-state index >= 15 is 0 Å². The minimum absolute atomic E-state index is 0.273. The topological polar surface area (TPSA) is 66.1 Å². The van der Waals surface area contributed by atoms with Crippen molar-refractivity contribution in [1.82, 2.24) is 24.2 Å². The molecule has 2 saturated heterocycles. The molecule has 0 radical (unpaired) electrons. The molecule has 5 heterocycles. The molecule has 7 nitrogen and oxygen atoms in total. The van der Waals surface area contributed by atoms with Gasteiger partial charge in [0.1, 0.15) is 5.65 Å². The molecule has 8 heteroatoms. The summed E-state index contributed by atoms with van der Waals surface area (Å²) in [5, 5.41) is 11.9. The van der Waals surface area contributed by atoms with Crippen LogP contribution in [0.1, 0.15) is 30.5 Å². The minimum Gasteiger partial charge on any atom is -0.481 e. The number of aliphatic hydroxyl groups is 1. The highest BCUT2D eigenvalue weighted by Crippen LogP contribution is 2.37. The summed E-state index contributed by atoms with van der Waals surface area (Å²) in [5.41, 5.74) is 4.80. The molecule has 4 aromatic rings. The van der Waals surface area contributed by atoms with E-state index in [1.807, 2.05) is 54.6 Å². The number of hydrogen-bond acceptors (Lipinski definition) is 6. The number of nitrogens with zero attached hydrogens (tertiary/aromatic N) is 5. The molecular weight excluding hydrogens is 462 g/mol. The number of likely N-dealkylation sites (tertiary alicyclic amines) is 1. The van der Waals surface area contributed by atoms with Gasteiger partial charge in [-0.05, 0) is 43.2 Å². The zero-order chi connectivity index (χ0) is 23.9. The zero-order valence-electron chi connectivity index (χ0n) is 19.6. The first kappa shape index (κ1) is 22.5. The number of pyridine rings is 2. The highest BCUT2D eigenvalue weighted by atomic mass is 35.5. The van der Waals surface area contributed by atoms with Gasteiger partial charge in [-0.15, -0.1) is 0 Å². The van der Waals surface area contributed by atoms with E-state index in [4.69, 9.17) is 21.3 Å². The van der Waals surface area contributed by atoms with E-state index < -0.39 is 6.23 Å². The maximum absolute atomic E-state index is 11.2. The second-order valence-electron chi connectivity index (χ2n) is 9.35. The van der Waals surface area contributed by atoms with Gasteiger partial charge in [0.05, 0.1) is 24.2 Å². The third kappa shape index (κ3) is 4.19. The van der Waals surface area contributed by atoms with Crippen LogP contribution in [0.4, 0.5) is 0 Å². The quantitative estimate of drug-likeness (QED) is 0.433. The molecule has 2 aliphatic rings. The monoisotopic (exact) mass is 489 g/mol. The van der Waals surface area contributed by atoms with Gasteiger partial charge in [-0.2, -0.15) is 0 Å². The standard InChI is InChI=1S/C27H28ClN5O2/c1-35-25-7-4-5-22(29-25)27(34)33-20-12-13-21(33)16-31(15-20)17-23-26(18-8-10-19(28)11-9-18)30-24-6-2-3-14-32(23)24/h2-11,14,20-21,27,34H,12-13,15-17H2,1H3. The van der Waals surface area contributed by atoms with Gasteiger partial charge in [0.15, 0.2) is 6.23 Å². The van der Waals surface area contributed by atoms with Crippen LogP contribution in [0, 0.1) is 0 Å². The molecule has 2 aliphatic heterocycles. The van der Waals surface area contributed by atoms with E-state index in [1.165, 1.54) is 5.69 Å². The average molecular weight is 490 g/mol. The maximum atomic E-state index is 11.2. The Balaban J connectivity index is 1.26. The van der Waals surface area contributed by atoms with Gasteiger partial charge in [-0.3, -0.25) is 9.80 Å². The van der Waals surface area contributed by atoms with Gasteiger partial charge >= 0.3 is 0 Å². The second kappa shape index (κ2) is 9.24. The summed E-state index contributed by atoms with van der Waals surface area (Å²) in [6.45, 7) is 2.56. The van der Waals surface area contributed by atoms with E-state index in [-0.39, 0.29) is 12.1 Å². The lowest BCUT2D eigenvalue weighted by Crippen LogP contribution is -2.54. The molecule has 3 unspecified atom stereocenters. The number of fused-ring (bicyclic) bond motifs is 3. The lowest BCUT2D eigenvalue weighted by Gasteiger charge is -2.43. The van der Waals surface area contributed by atoms with Gasteiger partial charge in [0.2, 0.25) is 5.88 Å². The normalized spacial score (nSPS) is 21.5. The summed E-state index contributed by atoms with van der Waals surface area (Å²) < 4.78 is 7.45. The predicted molar refractivity (Wildman–Crippen MR) is 135 cm³/mol. The fraction of sp³-hybridized carbons (Fsp3) is 0.333. The Labute approximate surface area is 209 Å². The lowest BCUT2D eigenvalue weighted by atomic mass is 10.1. The first-order chi connectivity index (χ1) is 17.1. The van der Waals surface area contributed by atoms with Gasteiger partial charge < -0.3 is 14.2 Å². The fourth-order valence-corrected chi connectivity index (χ4v) is 5.77. The number of ether oxygens (including phenoxy) is 1. The summed E-state index contributed by atoms with van der Waals surface area (Å²) in [6, 6.07) is 20.1. The zero-order valence-corrected chi connectivity index (χ0v) is 20.3. The van der Waals surface area contributed by atoms with Crippen LogP contribution >= 0.6 is 11.6 Å². The Bertz CT molecular complexity index is 1330. The molecule has 2 bridgehead atoms. The molecule has 180 valence electrons. The van der Waals surface area contributed by atoms with Crippen LogP contribution in [0.15, 0.2) is 66.9 Å². The molecule has 0 saturated carbocycles. The van der Waals surface area contributed by atoms with E-state index in [0.29, 0.717) is 11.6 Å². The number of halogens is 1. The second-order valence-corrected chi connectivity index (χ2v) is 9.78. The van der Waals surface area contributed by atoms with Gasteiger partial charge in [-0.25, -0.2) is 9.97 Å². The van der Waals surface area contributed by atoms with Crippen LogP contribution in [0.25, 0.3) is 16.9 Å². The first-order valence-corrected chi connectivity index (χ1v) is 12.4. The van der Waals surface area contributed by atoms with Gasteiger partial charge in [0, 0.05) is 54.6 Å². The summed E-state index contributed by atoms with van der Waals surface area (Å²) in [4.78, 5) is 14.2. The fourth-order valence-electron chi connectivity index (χ4n) is 5.64. The molecule has 35 heavy (non-hydrogen) atoms. The van der Waals surface area contributed by atoms with Crippen LogP contribution in [0.3, 0.4) is 0 Å². The smallest absolute Gasteiger partial charge is 0.213 e. The third-order valence-electron chi connectivity index (χ3n) is 7.24. The van der Waals surface area contributed by atoms with Crippen molar-refractivity contribution in [3.05, 3.63) is 83.3 Å². The number of piperazine rings is 1. The van der Waals surface area contributed by atoms with Crippen LogP contribution in [0.2, 0.25) is 5.02 Å². The summed E-state index contributed by atoms with van der Waals surface area (Å²) in [7, 11) is 1.60. The Morgan fingerprint density at radius 2 is 1.77 bits per heavy atom. The number of imidazole rings is 1. The van der Waals surface area contributed by atoms with Crippen molar-refractivity contribution in [1.29, 1.82) is 0 Å². The van der Waals surface area contributed by atoms with Crippen LogP contribution in [0.5, 0.6) is 5.88 Å². The van der Waals surface area contributed by atoms with Crippen molar-refractivity contribution in [3.8, 4) is 17.1 Å². The van der Waals surface area contributed by atoms with Crippen molar-refractivity contribution in [3.63, 3.8) is 0 Å². The molecule has 2 fully saturated rings. The number of benzene rings is 1. The SMILES string of the molecule is COc1cccc(C(O)N2C3CCC2CN(Cc2c(-c4ccc(Cl)cc4)nc4ccccn24)C3)n1. The molecule has 0 spiro atoms. The van der Waals surface area contributed by atoms with Crippen LogP contribution < -0.4 is 4.74 Å². The maximum Gasteiger partial charge on any atom is 0.213 e. The van der Waals surface area contributed by atoms with E-state index in [9.17, 15) is 5.11 Å². The molecular formula is C27H28ClN5O2. The number of methoxy groups -OCH3 is 1. The summed E-state index contributed by atoms with van der Waals surface area (Å²) in [5.74, 6) is 0.523. The Morgan fingerprint density at radius 1 is 1.00 bits per heavy atom. The van der Waals surface area contributed by atoms with Crippen molar-refractivity contribution in [2.75, 3.05) is 20.2 Å². The Morgan fingerprint density at radius 3 is 2.51 bits per heavy atom. The van der Waals surface area contributed by atoms with Gasteiger partial charge in [-0.1, -0.05) is 35.9 Å². The summed E-state index contributed by atoms with van der Waals surface area (Å²) in [6.07, 6.45) is 3.49. The van der Waals surface area contributed by atoms with E-state index in [2.05, 4.69) is 25.4 Å². The highest BCUT2D eigenvalue weighted by Gasteiger charge is 2.44. The molecule has 6 rings (SSSR count). The number of hydrogen-bond donors (Lipinski definition) is 1. The number of rotatable bonds is 6. The van der Waals surface area contributed by atoms with E-state index in [1.54, 1.807) is 13.2 Å². The average Bonchev–Trinajstić information content (AvgIpc) is 3.38. The third-order valence-corrected chi connectivity index (χ3v) is 7.49. The highest BCUT2D eigenvalue weighted by molar-refractivity contribution is 6.30. The Hall–Kier alpha value is -2.97. The molecule has 1 N–H and O–H groups in total. The number of aromatic nitrogens is 3. The molecule has 1 aromatic carbocycles. The van der Waals surface area contributed by atoms with Crippen molar-refractivity contribution in [2.24, 2.45) is 0 Å². The molecule has 0 aliphatic carbocycles. The lowest BCUT2D eigenvalue weighted by molar-refractivity contribution is -0.0720. The molecule has 3 aromatic heterocycles. The molecule has 3 atom stereocenters. The van der Waals surface area contributed by atoms with Crippen molar-refractivity contribution < 1.29 is 9.84 Å². The van der Waals surface area contributed by atoms with E-state index in [0.717, 1.165) is 54.4 Å². The van der Waals surface area contributed by atoms with Crippen molar-refractivity contribution >= 4 is 17.2 Å². The van der Waals surface area contributed by atoms with Gasteiger partial charge in [0.25, 0.3) is 0 Å². The Kier molecular flexibility index (Phi) is 5.94. The number of aliphatic hydroxyl groups excluding tert-OH is 1.